The molecule has 0 radical (unpaired) electrons. The summed E-state index contributed by atoms with van der Waals surface area (Å²) in [4.78, 5) is 0. The van der Waals surface area contributed by atoms with Crippen molar-refractivity contribution in [1.82, 2.24) is 5.32 Å². The van der Waals surface area contributed by atoms with E-state index in [1.54, 1.807) is 0 Å². The zero-order valence-corrected chi connectivity index (χ0v) is 7.86. The van der Waals surface area contributed by atoms with Gasteiger partial charge >= 0.3 is 0 Å². The van der Waals surface area contributed by atoms with E-state index in [0.717, 1.165) is 12.3 Å². The smallest absolute Gasteiger partial charge is 0.139 e. The van der Waals surface area contributed by atoms with Crippen LogP contribution in [0.3, 0.4) is 0 Å². The highest BCUT2D eigenvalue weighted by Crippen LogP contribution is 2.02. The van der Waals surface area contributed by atoms with Gasteiger partial charge in [0.05, 0.1) is 0 Å². The molecule has 2 heteroatoms. The van der Waals surface area contributed by atoms with Crippen LogP contribution in [0.25, 0.3) is 0 Å². The Morgan fingerprint density at radius 2 is 1.92 bits per heavy atom. The Balaban J connectivity index is 2.39. The van der Waals surface area contributed by atoms with E-state index in [2.05, 4.69) is 5.32 Å². The lowest BCUT2D eigenvalue weighted by atomic mass is 10.3. The number of ether oxygens (including phenoxy) is 1. The van der Waals surface area contributed by atoms with Gasteiger partial charge in [0.2, 0.25) is 0 Å². The predicted octanol–water partition coefficient (Wildman–Crippen LogP) is 2.14. The van der Waals surface area contributed by atoms with Crippen molar-refractivity contribution in [1.29, 1.82) is 0 Å². The van der Waals surface area contributed by atoms with Gasteiger partial charge in [0.25, 0.3) is 0 Å². The largest absolute Gasteiger partial charge is 0.478 e. The molecule has 1 aliphatic carbocycles. The predicted molar refractivity (Wildman–Crippen MR) is 55.1 cm³/mol. The molecule has 0 bridgehead atoms. The molecule has 1 N–H and O–H groups in total. The molecule has 0 aliphatic heterocycles. The molecule has 0 unspecified atom stereocenters. The molecule has 0 aromatic carbocycles. The standard InChI is InChI=1S/C11H15NO/c1-2-12-10-13-11-8-6-4-3-5-7-9-11/h3-9,12H,2,10H2,1H3/b4-3-,5-3?,6-4?,7-5-,8-6?,9-7?,11-8?,11-9?. The van der Waals surface area contributed by atoms with Gasteiger partial charge in [-0.05, 0) is 18.7 Å². The number of hydrogen-bond acceptors (Lipinski definition) is 2. The molecule has 70 valence electrons. The average molecular weight is 177 g/mol. The Hall–Kier alpha value is -1.28. The summed E-state index contributed by atoms with van der Waals surface area (Å²) < 4.78 is 5.44. The van der Waals surface area contributed by atoms with Crippen LogP contribution in [-0.4, -0.2) is 13.3 Å². The maximum Gasteiger partial charge on any atom is 0.139 e. The van der Waals surface area contributed by atoms with Crippen molar-refractivity contribution in [2.75, 3.05) is 13.3 Å². The van der Waals surface area contributed by atoms with Crippen LogP contribution in [0.2, 0.25) is 0 Å². The number of hydrogen-bond donors (Lipinski definition) is 1. The Bertz CT molecular complexity index is 249. The van der Waals surface area contributed by atoms with Gasteiger partial charge in [-0.3, -0.25) is 5.32 Å². The van der Waals surface area contributed by atoms with Crippen LogP contribution in [0, 0.1) is 0 Å². The van der Waals surface area contributed by atoms with Crippen molar-refractivity contribution >= 4 is 0 Å². The van der Waals surface area contributed by atoms with Crippen molar-refractivity contribution < 1.29 is 4.74 Å². The molecular weight excluding hydrogens is 162 g/mol. The van der Waals surface area contributed by atoms with Gasteiger partial charge in [0.1, 0.15) is 12.5 Å². The van der Waals surface area contributed by atoms with E-state index in [1.807, 2.05) is 49.5 Å². The van der Waals surface area contributed by atoms with Crippen LogP contribution in [-0.2, 0) is 4.74 Å². The summed E-state index contributed by atoms with van der Waals surface area (Å²) in [6.07, 6.45) is 13.7. The molecule has 2 nitrogen and oxygen atoms in total. The van der Waals surface area contributed by atoms with Gasteiger partial charge in [-0.1, -0.05) is 37.3 Å². The third-order valence-electron chi connectivity index (χ3n) is 1.56. The fourth-order valence-electron chi connectivity index (χ4n) is 0.881. The maximum absolute atomic E-state index is 5.44. The molecule has 0 saturated carbocycles. The second-order valence-corrected chi connectivity index (χ2v) is 2.59. The molecule has 0 fully saturated rings. The highest BCUT2D eigenvalue weighted by molar-refractivity contribution is 5.27. The molecule has 0 amide bonds. The van der Waals surface area contributed by atoms with Crippen LogP contribution < -0.4 is 5.32 Å². The second-order valence-electron chi connectivity index (χ2n) is 2.59. The normalized spacial score (nSPS) is 19.9. The minimum absolute atomic E-state index is 0.560. The van der Waals surface area contributed by atoms with E-state index >= 15 is 0 Å². The SMILES string of the molecule is CCNCOC1=C/C=C\C=C/C=C1. The Morgan fingerprint density at radius 3 is 2.77 bits per heavy atom. The van der Waals surface area contributed by atoms with E-state index in [1.165, 1.54) is 0 Å². The first-order valence-corrected chi connectivity index (χ1v) is 4.48. The topological polar surface area (TPSA) is 21.3 Å². The fourth-order valence-corrected chi connectivity index (χ4v) is 0.881. The van der Waals surface area contributed by atoms with Gasteiger partial charge in [-0.15, -0.1) is 0 Å². The molecule has 0 aromatic rings. The van der Waals surface area contributed by atoms with Crippen molar-refractivity contribution in [2.45, 2.75) is 6.92 Å². The van der Waals surface area contributed by atoms with E-state index in [4.69, 9.17) is 4.74 Å². The third-order valence-corrected chi connectivity index (χ3v) is 1.56. The highest BCUT2D eigenvalue weighted by atomic mass is 16.5. The summed E-state index contributed by atoms with van der Waals surface area (Å²) in [6, 6.07) is 0. The highest BCUT2D eigenvalue weighted by Gasteiger charge is 1.90. The molecule has 13 heavy (non-hydrogen) atoms. The van der Waals surface area contributed by atoms with Gasteiger partial charge in [0, 0.05) is 0 Å². The number of allylic oxidation sites excluding steroid dienone is 7. The monoisotopic (exact) mass is 177 g/mol. The molecule has 0 atom stereocenters. The first-order chi connectivity index (χ1) is 6.43. The van der Waals surface area contributed by atoms with Crippen LogP contribution in [0.1, 0.15) is 6.92 Å². The van der Waals surface area contributed by atoms with Crippen LogP contribution in [0.4, 0.5) is 0 Å². The quantitative estimate of drug-likeness (QED) is 0.524. The van der Waals surface area contributed by atoms with Gasteiger partial charge in [-0.25, -0.2) is 0 Å². The minimum atomic E-state index is 0.560. The summed E-state index contributed by atoms with van der Waals surface area (Å²) in [6.45, 7) is 3.53. The van der Waals surface area contributed by atoms with E-state index in [9.17, 15) is 0 Å². The van der Waals surface area contributed by atoms with Crippen LogP contribution in [0.15, 0.2) is 48.3 Å². The fraction of sp³-hybridized carbons (Fsp3) is 0.273. The number of rotatable bonds is 4. The molecule has 1 aliphatic rings. The summed E-state index contributed by atoms with van der Waals surface area (Å²) in [7, 11) is 0. The van der Waals surface area contributed by atoms with Gasteiger partial charge in [-0.2, -0.15) is 0 Å². The zero-order chi connectivity index (χ0) is 9.36. The lowest BCUT2D eigenvalue weighted by Gasteiger charge is -2.06. The van der Waals surface area contributed by atoms with Crippen molar-refractivity contribution in [3.8, 4) is 0 Å². The van der Waals surface area contributed by atoms with Crippen molar-refractivity contribution in [2.24, 2.45) is 0 Å². The first kappa shape index (κ1) is 9.81. The minimum Gasteiger partial charge on any atom is -0.478 e. The summed E-state index contributed by atoms with van der Waals surface area (Å²) >= 11 is 0. The molecule has 1 rings (SSSR count). The van der Waals surface area contributed by atoms with E-state index < -0.39 is 0 Å². The van der Waals surface area contributed by atoms with Gasteiger partial charge < -0.3 is 4.74 Å². The second kappa shape index (κ2) is 6.26. The maximum atomic E-state index is 5.44. The molecular formula is C11H15NO. The molecule has 0 aromatic heterocycles. The Morgan fingerprint density at radius 1 is 1.15 bits per heavy atom. The lowest BCUT2D eigenvalue weighted by Crippen LogP contribution is -2.16. The van der Waals surface area contributed by atoms with Gasteiger partial charge in [0.15, 0.2) is 0 Å². The third kappa shape index (κ3) is 4.33. The van der Waals surface area contributed by atoms with Crippen molar-refractivity contribution in [3.05, 3.63) is 48.3 Å². The van der Waals surface area contributed by atoms with E-state index in [0.29, 0.717) is 6.73 Å². The van der Waals surface area contributed by atoms with E-state index in [-0.39, 0.29) is 0 Å². The average Bonchev–Trinajstić information content (AvgIpc) is 2.08. The number of nitrogens with one attached hydrogen (secondary N) is 1. The Labute approximate surface area is 79.3 Å². The molecule has 0 spiro atoms. The molecule has 0 heterocycles. The zero-order valence-electron chi connectivity index (χ0n) is 7.86. The summed E-state index contributed by atoms with van der Waals surface area (Å²) in [5.41, 5.74) is 0. The first-order valence-electron chi connectivity index (χ1n) is 4.48. The lowest BCUT2D eigenvalue weighted by molar-refractivity contribution is 0.202. The molecule has 0 saturated heterocycles. The summed E-state index contributed by atoms with van der Waals surface area (Å²) in [5.74, 6) is 0.876. The Kier molecular flexibility index (Phi) is 4.72. The summed E-state index contributed by atoms with van der Waals surface area (Å²) in [5, 5.41) is 3.09. The van der Waals surface area contributed by atoms with Crippen molar-refractivity contribution in [3.63, 3.8) is 0 Å². The van der Waals surface area contributed by atoms with Crippen LogP contribution >= 0.6 is 0 Å². The van der Waals surface area contributed by atoms with Crippen LogP contribution in [0.5, 0.6) is 0 Å².